The standard InChI is InChI=1S/C11H6ClN3O4S/c12-8-2-1-6(15(18)19)3-5(8)4-7-9(16)13-11(20)14-10(7)17/h1-4H,(H2,13,14,16,17,20). The number of nitrogens with zero attached hydrogens (tertiary/aromatic N) is 1. The van der Waals surface area contributed by atoms with E-state index in [-0.39, 0.29) is 27.0 Å². The Hall–Kier alpha value is -2.32. The van der Waals surface area contributed by atoms with Gasteiger partial charge >= 0.3 is 0 Å². The molecule has 1 heterocycles. The first-order valence-electron chi connectivity index (χ1n) is 5.21. The van der Waals surface area contributed by atoms with Crippen LogP contribution in [0.3, 0.4) is 0 Å². The molecule has 2 amide bonds. The zero-order chi connectivity index (χ0) is 14.9. The highest BCUT2D eigenvalue weighted by atomic mass is 35.5. The van der Waals surface area contributed by atoms with Crippen LogP contribution in [0.5, 0.6) is 0 Å². The number of amides is 2. The molecule has 1 aliphatic heterocycles. The molecule has 1 aromatic rings. The van der Waals surface area contributed by atoms with E-state index in [0.717, 1.165) is 0 Å². The Balaban J connectivity index is 2.46. The van der Waals surface area contributed by atoms with E-state index >= 15 is 0 Å². The summed E-state index contributed by atoms with van der Waals surface area (Å²) in [5.41, 5.74) is -0.247. The zero-order valence-electron chi connectivity index (χ0n) is 9.68. The summed E-state index contributed by atoms with van der Waals surface area (Å²) in [6.07, 6.45) is 1.17. The Bertz CT molecular complexity index is 664. The molecule has 20 heavy (non-hydrogen) atoms. The monoisotopic (exact) mass is 311 g/mol. The molecule has 0 atom stereocenters. The molecule has 0 bridgehead atoms. The number of nitrogens with one attached hydrogen (secondary N) is 2. The molecule has 0 unspecified atom stereocenters. The molecule has 102 valence electrons. The van der Waals surface area contributed by atoms with Gasteiger partial charge in [0.25, 0.3) is 17.5 Å². The third-order valence-corrected chi connectivity index (χ3v) is 2.98. The van der Waals surface area contributed by atoms with Crippen LogP contribution in [0, 0.1) is 10.1 Å². The fraction of sp³-hybridized carbons (Fsp3) is 0. The number of nitro benzene ring substituents is 1. The second-order valence-corrected chi connectivity index (χ2v) is 4.57. The summed E-state index contributed by atoms with van der Waals surface area (Å²) in [5.74, 6) is -1.39. The summed E-state index contributed by atoms with van der Waals surface area (Å²) in [7, 11) is 0. The Labute approximate surface area is 122 Å². The molecule has 0 radical (unpaired) electrons. The largest absolute Gasteiger partial charge is 0.299 e. The van der Waals surface area contributed by atoms with Crippen molar-refractivity contribution in [1.29, 1.82) is 0 Å². The van der Waals surface area contributed by atoms with Gasteiger partial charge in [0.1, 0.15) is 5.57 Å². The number of nitro groups is 1. The summed E-state index contributed by atoms with van der Waals surface area (Å²) in [5, 5.41) is 15.3. The van der Waals surface area contributed by atoms with E-state index in [4.69, 9.17) is 11.6 Å². The van der Waals surface area contributed by atoms with Crippen LogP contribution in [0.1, 0.15) is 5.56 Å². The van der Waals surface area contributed by atoms with Gasteiger partial charge in [0.15, 0.2) is 5.11 Å². The number of hydrogen-bond donors (Lipinski definition) is 2. The van der Waals surface area contributed by atoms with Crippen LogP contribution in [-0.2, 0) is 9.59 Å². The third-order valence-electron chi connectivity index (χ3n) is 2.43. The molecule has 0 aliphatic carbocycles. The van der Waals surface area contributed by atoms with Crippen LogP contribution in [0.2, 0.25) is 5.02 Å². The van der Waals surface area contributed by atoms with Gasteiger partial charge in [-0.3, -0.25) is 30.3 Å². The lowest BCUT2D eigenvalue weighted by Crippen LogP contribution is -2.51. The molecule has 0 aromatic heterocycles. The minimum absolute atomic E-state index is 0.0951. The van der Waals surface area contributed by atoms with Gasteiger partial charge in [-0.05, 0) is 24.4 Å². The zero-order valence-corrected chi connectivity index (χ0v) is 11.2. The Morgan fingerprint density at radius 2 is 1.85 bits per heavy atom. The van der Waals surface area contributed by atoms with Crippen LogP contribution in [-0.4, -0.2) is 21.9 Å². The van der Waals surface area contributed by atoms with Gasteiger partial charge in [-0.1, -0.05) is 11.6 Å². The number of thiocarbonyl (C=S) groups is 1. The van der Waals surface area contributed by atoms with Crippen molar-refractivity contribution in [2.24, 2.45) is 0 Å². The molecule has 0 spiro atoms. The number of halogens is 1. The Kier molecular flexibility index (Phi) is 3.77. The van der Waals surface area contributed by atoms with Crippen molar-refractivity contribution in [2.45, 2.75) is 0 Å². The summed E-state index contributed by atoms with van der Waals surface area (Å²) >= 11 is 10.5. The van der Waals surface area contributed by atoms with Crippen molar-refractivity contribution >= 4 is 52.5 Å². The van der Waals surface area contributed by atoms with E-state index in [9.17, 15) is 19.7 Å². The van der Waals surface area contributed by atoms with Crippen molar-refractivity contribution in [3.8, 4) is 0 Å². The van der Waals surface area contributed by atoms with E-state index < -0.39 is 16.7 Å². The summed E-state index contributed by atoms with van der Waals surface area (Å²) in [6, 6.07) is 3.71. The molecular formula is C11H6ClN3O4S. The second kappa shape index (κ2) is 5.35. The average Bonchev–Trinajstić information content (AvgIpc) is 2.35. The number of carbonyl (C=O) groups excluding carboxylic acids is 2. The number of non-ortho nitro benzene ring substituents is 1. The molecule has 1 saturated heterocycles. The van der Waals surface area contributed by atoms with E-state index in [0.29, 0.717) is 0 Å². The number of carbonyl (C=O) groups is 2. The van der Waals surface area contributed by atoms with Crippen LogP contribution in [0.15, 0.2) is 23.8 Å². The van der Waals surface area contributed by atoms with Gasteiger partial charge < -0.3 is 0 Å². The lowest BCUT2D eigenvalue weighted by atomic mass is 10.1. The normalized spacial score (nSPS) is 14.7. The predicted octanol–water partition coefficient (Wildman–Crippen LogP) is 1.16. The van der Waals surface area contributed by atoms with Gasteiger partial charge in [-0.25, -0.2) is 0 Å². The minimum Gasteiger partial charge on any atom is -0.299 e. The molecule has 7 nitrogen and oxygen atoms in total. The first-order valence-corrected chi connectivity index (χ1v) is 5.99. The second-order valence-electron chi connectivity index (χ2n) is 3.76. The Morgan fingerprint density at radius 1 is 1.25 bits per heavy atom. The summed E-state index contributed by atoms with van der Waals surface area (Å²) in [6.45, 7) is 0. The van der Waals surface area contributed by atoms with E-state index in [1.54, 1.807) is 0 Å². The topological polar surface area (TPSA) is 101 Å². The minimum atomic E-state index is -0.693. The molecule has 2 rings (SSSR count). The molecule has 1 fully saturated rings. The quantitative estimate of drug-likeness (QED) is 0.281. The molecule has 1 aromatic carbocycles. The molecule has 0 saturated carbocycles. The third kappa shape index (κ3) is 2.81. The summed E-state index contributed by atoms with van der Waals surface area (Å²) < 4.78 is 0. The lowest BCUT2D eigenvalue weighted by Gasteiger charge is -2.16. The van der Waals surface area contributed by atoms with Crippen LogP contribution in [0.4, 0.5) is 5.69 Å². The van der Waals surface area contributed by atoms with Crippen molar-refractivity contribution < 1.29 is 14.5 Å². The van der Waals surface area contributed by atoms with Gasteiger partial charge in [0, 0.05) is 22.7 Å². The number of benzene rings is 1. The van der Waals surface area contributed by atoms with Crippen molar-refractivity contribution in [3.05, 3.63) is 44.5 Å². The van der Waals surface area contributed by atoms with Gasteiger partial charge in [0.05, 0.1) is 4.92 Å². The first-order chi connectivity index (χ1) is 9.38. The van der Waals surface area contributed by atoms with Gasteiger partial charge in [-0.15, -0.1) is 0 Å². The molecule has 9 heteroatoms. The van der Waals surface area contributed by atoms with Crippen molar-refractivity contribution in [2.75, 3.05) is 0 Å². The van der Waals surface area contributed by atoms with Crippen LogP contribution >= 0.6 is 23.8 Å². The highest BCUT2D eigenvalue weighted by Gasteiger charge is 2.26. The average molecular weight is 312 g/mol. The number of rotatable bonds is 2. The maximum atomic E-state index is 11.6. The highest BCUT2D eigenvalue weighted by molar-refractivity contribution is 7.80. The van der Waals surface area contributed by atoms with E-state index in [1.165, 1.54) is 24.3 Å². The van der Waals surface area contributed by atoms with E-state index in [2.05, 4.69) is 22.9 Å². The van der Waals surface area contributed by atoms with Gasteiger partial charge in [-0.2, -0.15) is 0 Å². The lowest BCUT2D eigenvalue weighted by molar-refractivity contribution is -0.384. The van der Waals surface area contributed by atoms with Crippen LogP contribution in [0.25, 0.3) is 6.08 Å². The number of hydrogen-bond acceptors (Lipinski definition) is 5. The van der Waals surface area contributed by atoms with Gasteiger partial charge in [0.2, 0.25) is 0 Å². The Morgan fingerprint density at radius 3 is 2.40 bits per heavy atom. The fourth-order valence-corrected chi connectivity index (χ4v) is 1.87. The molecular weight excluding hydrogens is 306 g/mol. The molecule has 2 N–H and O–H groups in total. The fourth-order valence-electron chi connectivity index (χ4n) is 1.52. The van der Waals surface area contributed by atoms with Crippen molar-refractivity contribution in [3.63, 3.8) is 0 Å². The maximum Gasteiger partial charge on any atom is 0.270 e. The van der Waals surface area contributed by atoms with Crippen LogP contribution < -0.4 is 10.6 Å². The van der Waals surface area contributed by atoms with Crippen molar-refractivity contribution in [1.82, 2.24) is 10.6 Å². The smallest absolute Gasteiger partial charge is 0.270 e. The first kappa shape index (κ1) is 14.1. The maximum absolute atomic E-state index is 11.6. The summed E-state index contributed by atoms with van der Waals surface area (Å²) in [4.78, 5) is 33.4. The SMILES string of the molecule is O=C1NC(=S)NC(=O)C1=Cc1cc([N+](=O)[O-])ccc1Cl. The predicted molar refractivity (Wildman–Crippen MR) is 75.0 cm³/mol. The van der Waals surface area contributed by atoms with E-state index in [1.807, 2.05) is 0 Å². The molecule has 1 aliphatic rings. The highest BCUT2D eigenvalue weighted by Crippen LogP contribution is 2.24.